The molecular formula is C25H24N4O3S. The molecule has 33 heavy (non-hydrogen) atoms. The second-order valence-corrected chi connectivity index (χ2v) is 9.00. The minimum absolute atomic E-state index is 0.133. The van der Waals surface area contributed by atoms with Crippen LogP contribution in [0.25, 0.3) is 10.2 Å². The third kappa shape index (κ3) is 4.40. The zero-order valence-electron chi connectivity index (χ0n) is 18.3. The van der Waals surface area contributed by atoms with Crippen molar-refractivity contribution < 1.29 is 9.53 Å². The number of amides is 1. The molecule has 7 nitrogen and oxygen atoms in total. The standard InChI is InChI=1S/C25H24N4O3S/c1-17-21-24(26-16-29(25(21)31)15-18-5-3-2-4-6-18)33-22(17)23(30)27-19-7-9-20(10-8-19)28-11-13-32-14-12-28/h2-10,16H,11-15H2,1H3,(H,27,30). The Hall–Kier alpha value is -3.49. The Kier molecular flexibility index (Phi) is 5.93. The summed E-state index contributed by atoms with van der Waals surface area (Å²) in [7, 11) is 0. The number of thiophene rings is 1. The molecule has 2 aromatic carbocycles. The number of carbonyl (C=O) groups excluding carboxylic acids is 1. The predicted molar refractivity (Wildman–Crippen MR) is 132 cm³/mol. The Morgan fingerprint density at radius 3 is 2.55 bits per heavy atom. The van der Waals surface area contributed by atoms with Crippen molar-refractivity contribution in [3.8, 4) is 0 Å². The van der Waals surface area contributed by atoms with E-state index in [1.165, 1.54) is 11.3 Å². The van der Waals surface area contributed by atoms with Gasteiger partial charge in [-0.15, -0.1) is 11.3 Å². The van der Waals surface area contributed by atoms with Crippen molar-refractivity contribution in [1.82, 2.24) is 9.55 Å². The van der Waals surface area contributed by atoms with Crippen LogP contribution in [0.5, 0.6) is 0 Å². The molecule has 1 saturated heterocycles. The van der Waals surface area contributed by atoms with Crippen molar-refractivity contribution in [1.29, 1.82) is 0 Å². The summed E-state index contributed by atoms with van der Waals surface area (Å²) in [6.07, 6.45) is 1.56. The number of carbonyl (C=O) groups is 1. The molecule has 1 fully saturated rings. The lowest BCUT2D eigenvalue weighted by Crippen LogP contribution is -2.36. The first kappa shape index (κ1) is 21.4. The summed E-state index contributed by atoms with van der Waals surface area (Å²) < 4.78 is 6.99. The van der Waals surface area contributed by atoms with Crippen LogP contribution in [0.4, 0.5) is 11.4 Å². The SMILES string of the molecule is Cc1c(C(=O)Nc2ccc(N3CCOCC3)cc2)sc2ncn(Cc3ccccc3)c(=O)c12. The number of nitrogens with one attached hydrogen (secondary N) is 1. The minimum atomic E-state index is -0.233. The van der Waals surface area contributed by atoms with Crippen molar-refractivity contribution in [2.75, 3.05) is 36.5 Å². The monoisotopic (exact) mass is 460 g/mol. The molecule has 8 heteroatoms. The van der Waals surface area contributed by atoms with Gasteiger partial charge in [0.15, 0.2) is 0 Å². The van der Waals surface area contributed by atoms with Crippen molar-refractivity contribution in [3.63, 3.8) is 0 Å². The summed E-state index contributed by atoms with van der Waals surface area (Å²) in [5, 5.41) is 3.46. The van der Waals surface area contributed by atoms with E-state index < -0.39 is 0 Å². The molecule has 0 bridgehead atoms. The van der Waals surface area contributed by atoms with E-state index in [0.29, 0.717) is 32.9 Å². The molecule has 0 radical (unpaired) electrons. The van der Waals surface area contributed by atoms with E-state index in [-0.39, 0.29) is 11.5 Å². The summed E-state index contributed by atoms with van der Waals surface area (Å²) in [6, 6.07) is 17.6. The van der Waals surface area contributed by atoms with Gasteiger partial charge < -0.3 is 15.0 Å². The first-order valence-corrected chi connectivity index (χ1v) is 11.7. The van der Waals surface area contributed by atoms with E-state index in [1.807, 2.05) is 61.5 Å². The molecule has 1 aliphatic heterocycles. The van der Waals surface area contributed by atoms with Crippen molar-refractivity contribution >= 4 is 38.8 Å². The summed E-state index contributed by atoms with van der Waals surface area (Å²) in [4.78, 5) is 33.9. The molecule has 0 spiro atoms. The van der Waals surface area contributed by atoms with E-state index in [2.05, 4.69) is 15.2 Å². The summed E-state index contributed by atoms with van der Waals surface area (Å²) in [5.41, 5.74) is 3.37. The average Bonchev–Trinajstić information content (AvgIpc) is 3.20. The highest BCUT2D eigenvalue weighted by atomic mass is 32.1. The molecule has 0 saturated carbocycles. The number of anilines is 2. The normalized spacial score (nSPS) is 13.9. The summed E-state index contributed by atoms with van der Waals surface area (Å²) >= 11 is 1.25. The Bertz CT molecular complexity index is 1340. The van der Waals surface area contributed by atoms with E-state index in [9.17, 15) is 9.59 Å². The molecule has 168 valence electrons. The maximum absolute atomic E-state index is 13.1. The Labute approximate surface area is 195 Å². The quantitative estimate of drug-likeness (QED) is 0.489. The second-order valence-electron chi connectivity index (χ2n) is 8.00. The number of hydrogen-bond acceptors (Lipinski definition) is 6. The van der Waals surface area contributed by atoms with Gasteiger partial charge in [0, 0.05) is 24.5 Å². The lowest BCUT2D eigenvalue weighted by atomic mass is 10.2. The molecular weight excluding hydrogens is 436 g/mol. The fourth-order valence-electron chi connectivity index (χ4n) is 4.03. The molecule has 1 N–H and O–H groups in total. The minimum Gasteiger partial charge on any atom is -0.378 e. The van der Waals surface area contributed by atoms with E-state index in [4.69, 9.17) is 4.74 Å². The van der Waals surface area contributed by atoms with Gasteiger partial charge in [0.1, 0.15) is 4.83 Å². The van der Waals surface area contributed by atoms with Crippen LogP contribution in [-0.2, 0) is 11.3 Å². The first-order chi connectivity index (χ1) is 16.1. The Balaban J connectivity index is 1.37. The van der Waals surface area contributed by atoms with Gasteiger partial charge in [-0.1, -0.05) is 30.3 Å². The number of aromatic nitrogens is 2. The van der Waals surface area contributed by atoms with E-state index in [0.717, 1.165) is 37.6 Å². The first-order valence-electron chi connectivity index (χ1n) is 10.9. The molecule has 3 heterocycles. The highest BCUT2D eigenvalue weighted by Gasteiger charge is 2.20. The van der Waals surface area contributed by atoms with Crippen LogP contribution in [0.1, 0.15) is 20.8 Å². The van der Waals surface area contributed by atoms with E-state index >= 15 is 0 Å². The van der Waals surface area contributed by atoms with Crippen LogP contribution in [0, 0.1) is 6.92 Å². The van der Waals surface area contributed by atoms with Gasteiger partial charge in [-0.2, -0.15) is 0 Å². The largest absolute Gasteiger partial charge is 0.378 e. The molecule has 1 aliphatic rings. The molecule has 0 atom stereocenters. The fraction of sp³-hybridized carbons (Fsp3) is 0.240. The average molecular weight is 461 g/mol. The fourth-order valence-corrected chi connectivity index (χ4v) is 5.07. The third-order valence-corrected chi connectivity index (χ3v) is 7.02. The lowest BCUT2D eigenvalue weighted by Gasteiger charge is -2.28. The number of aryl methyl sites for hydroxylation is 1. The molecule has 1 amide bonds. The van der Waals surface area contributed by atoms with Crippen LogP contribution in [0.15, 0.2) is 65.7 Å². The van der Waals surface area contributed by atoms with Gasteiger partial charge >= 0.3 is 0 Å². The smallest absolute Gasteiger partial charge is 0.266 e. The Morgan fingerprint density at radius 1 is 1.09 bits per heavy atom. The molecule has 5 rings (SSSR count). The molecule has 2 aromatic heterocycles. The van der Waals surface area contributed by atoms with Crippen LogP contribution in [0.3, 0.4) is 0 Å². The number of ether oxygens (including phenoxy) is 1. The van der Waals surface area contributed by atoms with Crippen LogP contribution < -0.4 is 15.8 Å². The van der Waals surface area contributed by atoms with E-state index in [1.54, 1.807) is 10.9 Å². The van der Waals surface area contributed by atoms with Gasteiger partial charge in [-0.3, -0.25) is 14.2 Å². The highest BCUT2D eigenvalue weighted by molar-refractivity contribution is 7.20. The Morgan fingerprint density at radius 2 is 1.82 bits per heavy atom. The maximum atomic E-state index is 13.1. The van der Waals surface area contributed by atoms with Crippen molar-refractivity contribution in [3.05, 3.63) is 87.3 Å². The highest BCUT2D eigenvalue weighted by Crippen LogP contribution is 2.28. The van der Waals surface area contributed by atoms with Crippen LogP contribution in [-0.4, -0.2) is 41.8 Å². The number of nitrogens with zero attached hydrogens (tertiary/aromatic N) is 3. The van der Waals surface area contributed by atoms with Crippen LogP contribution in [0.2, 0.25) is 0 Å². The van der Waals surface area contributed by atoms with Gasteiger partial charge in [0.05, 0.1) is 36.3 Å². The number of fused-ring (bicyclic) bond motifs is 1. The maximum Gasteiger partial charge on any atom is 0.266 e. The van der Waals surface area contributed by atoms with Gasteiger partial charge in [-0.25, -0.2) is 4.98 Å². The third-order valence-electron chi connectivity index (χ3n) is 5.82. The van der Waals surface area contributed by atoms with Crippen LogP contribution >= 0.6 is 11.3 Å². The van der Waals surface area contributed by atoms with Gasteiger partial charge in [-0.05, 0) is 42.3 Å². The molecule has 0 aliphatic carbocycles. The second kappa shape index (κ2) is 9.17. The predicted octanol–water partition coefficient (Wildman–Crippen LogP) is 3.90. The topological polar surface area (TPSA) is 76.5 Å². The molecule has 0 unspecified atom stereocenters. The van der Waals surface area contributed by atoms with Gasteiger partial charge in [0.2, 0.25) is 0 Å². The number of hydrogen-bond donors (Lipinski definition) is 1. The number of benzene rings is 2. The summed E-state index contributed by atoms with van der Waals surface area (Å²) in [6.45, 7) is 5.43. The lowest BCUT2D eigenvalue weighted by molar-refractivity contribution is 0.103. The summed E-state index contributed by atoms with van der Waals surface area (Å²) in [5.74, 6) is -0.233. The zero-order chi connectivity index (χ0) is 22.8. The number of morpholine rings is 1. The number of rotatable bonds is 5. The van der Waals surface area contributed by atoms with Crippen molar-refractivity contribution in [2.45, 2.75) is 13.5 Å². The van der Waals surface area contributed by atoms with Crippen molar-refractivity contribution in [2.24, 2.45) is 0 Å². The molecule has 4 aromatic rings. The zero-order valence-corrected chi connectivity index (χ0v) is 19.1. The van der Waals surface area contributed by atoms with Gasteiger partial charge in [0.25, 0.3) is 11.5 Å².